The summed E-state index contributed by atoms with van der Waals surface area (Å²) in [4.78, 5) is 18.7. The molecule has 0 aliphatic carbocycles. The Balaban J connectivity index is 2.33. The van der Waals surface area contributed by atoms with Gasteiger partial charge in [-0.15, -0.1) is 0 Å². The van der Waals surface area contributed by atoms with E-state index in [1.54, 1.807) is 13.0 Å². The van der Waals surface area contributed by atoms with Gasteiger partial charge in [0.2, 0.25) is 0 Å². The molecule has 3 N–H and O–H groups in total. The number of rotatable bonds is 3. The van der Waals surface area contributed by atoms with Gasteiger partial charge < -0.3 is 10.7 Å². The highest BCUT2D eigenvalue weighted by atomic mass is 32.2. The van der Waals surface area contributed by atoms with Crippen LogP contribution < -0.4 is 11.3 Å². The molecule has 2 aromatic rings. The van der Waals surface area contributed by atoms with Crippen molar-refractivity contribution < 1.29 is 4.39 Å². The van der Waals surface area contributed by atoms with Gasteiger partial charge >= 0.3 is 0 Å². The smallest absolute Gasteiger partial charge is 0.251 e. The van der Waals surface area contributed by atoms with Crippen molar-refractivity contribution in [1.29, 1.82) is 0 Å². The van der Waals surface area contributed by atoms with Crippen molar-refractivity contribution in [3.63, 3.8) is 0 Å². The summed E-state index contributed by atoms with van der Waals surface area (Å²) in [5.41, 5.74) is 6.58. The van der Waals surface area contributed by atoms with E-state index >= 15 is 0 Å². The van der Waals surface area contributed by atoms with Gasteiger partial charge in [0.15, 0.2) is 5.16 Å². The number of nitrogens with zero attached hydrogens (tertiary/aromatic N) is 1. The summed E-state index contributed by atoms with van der Waals surface area (Å²) >= 11 is 1.20. The van der Waals surface area contributed by atoms with Crippen molar-refractivity contribution in [2.75, 3.05) is 0 Å². The Kier molecular flexibility index (Phi) is 3.78. The normalized spacial score (nSPS) is 10.6. The number of hydrogen-bond acceptors (Lipinski definition) is 4. The van der Waals surface area contributed by atoms with Gasteiger partial charge in [0, 0.05) is 23.2 Å². The molecule has 0 atom stereocenters. The van der Waals surface area contributed by atoms with Crippen molar-refractivity contribution in [3.05, 3.63) is 51.7 Å². The minimum atomic E-state index is -0.351. The molecule has 0 aliphatic heterocycles. The number of halogens is 1. The third-order valence-electron chi connectivity index (χ3n) is 2.23. The third-order valence-corrected chi connectivity index (χ3v) is 3.09. The number of H-pyrrole nitrogens is 1. The summed E-state index contributed by atoms with van der Waals surface area (Å²) in [6.45, 7) is 2.00. The Labute approximate surface area is 107 Å². The monoisotopic (exact) mass is 265 g/mol. The molecule has 1 aromatic heterocycles. The lowest BCUT2D eigenvalue weighted by molar-refractivity contribution is 0.621. The zero-order valence-electron chi connectivity index (χ0n) is 9.74. The van der Waals surface area contributed by atoms with E-state index in [0.29, 0.717) is 21.3 Å². The highest BCUT2D eigenvalue weighted by Crippen LogP contribution is 2.25. The molecule has 4 nitrogen and oxygen atoms in total. The van der Waals surface area contributed by atoms with E-state index in [4.69, 9.17) is 5.73 Å². The minimum Gasteiger partial charge on any atom is -0.326 e. The molecule has 0 bridgehead atoms. The van der Waals surface area contributed by atoms with Crippen molar-refractivity contribution in [2.45, 2.75) is 23.5 Å². The standard InChI is InChI=1S/C12H12FN3OS/c1-7-2-11(17)16-12(15-7)18-10-4-8(6-14)3-9(13)5-10/h2-5H,6,14H2,1H3,(H,15,16,17). The fraction of sp³-hybridized carbons (Fsp3) is 0.167. The summed E-state index contributed by atoms with van der Waals surface area (Å²) in [5, 5.41) is 0.438. The van der Waals surface area contributed by atoms with Crippen molar-refractivity contribution in [2.24, 2.45) is 5.73 Å². The number of aromatic amines is 1. The molecule has 1 heterocycles. The number of hydrogen-bond donors (Lipinski definition) is 2. The van der Waals surface area contributed by atoms with Gasteiger partial charge in [0.1, 0.15) is 5.82 Å². The molecule has 0 saturated heterocycles. The quantitative estimate of drug-likeness (QED) is 0.830. The van der Waals surface area contributed by atoms with Crippen LogP contribution >= 0.6 is 11.8 Å². The van der Waals surface area contributed by atoms with E-state index in [2.05, 4.69) is 9.97 Å². The summed E-state index contributed by atoms with van der Waals surface area (Å²) in [6.07, 6.45) is 0. The highest BCUT2D eigenvalue weighted by molar-refractivity contribution is 7.99. The van der Waals surface area contributed by atoms with E-state index in [0.717, 1.165) is 0 Å². The van der Waals surface area contributed by atoms with Crippen LogP contribution in [0, 0.1) is 12.7 Å². The first-order valence-corrected chi connectivity index (χ1v) is 6.14. The molecular weight excluding hydrogens is 253 g/mol. The molecule has 0 amide bonds. The van der Waals surface area contributed by atoms with Crippen LogP contribution in [0.1, 0.15) is 11.3 Å². The number of nitrogens with one attached hydrogen (secondary N) is 1. The number of nitrogens with two attached hydrogens (primary N) is 1. The Morgan fingerprint density at radius 1 is 1.39 bits per heavy atom. The third kappa shape index (κ3) is 3.18. The molecule has 0 saturated carbocycles. The van der Waals surface area contributed by atoms with Crippen molar-refractivity contribution >= 4 is 11.8 Å². The zero-order valence-corrected chi connectivity index (χ0v) is 10.6. The maximum atomic E-state index is 13.3. The summed E-state index contributed by atoms with van der Waals surface area (Å²) in [6, 6.07) is 5.94. The lowest BCUT2D eigenvalue weighted by Crippen LogP contribution is -2.07. The van der Waals surface area contributed by atoms with Gasteiger partial charge in [-0.25, -0.2) is 9.37 Å². The van der Waals surface area contributed by atoms with Crippen LogP contribution in [0.3, 0.4) is 0 Å². The molecule has 0 aliphatic rings. The molecular formula is C12H12FN3OS. The topological polar surface area (TPSA) is 71.8 Å². The molecule has 2 rings (SSSR count). The SMILES string of the molecule is Cc1cc(=O)[nH]c(Sc2cc(F)cc(CN)c2)n1. The average Bonchev–Trinajstić information content (AvgIpc) is 2.26. The van der Waals surface area contributed by atoms with Gasteiger partial charge in [0.25, 0.3) is 5.56 Å². The van der Waals surface area contributed by atoms with Crippen LogP contribution in [0.4, 0.5) is 4.39 Å². The second-order valence-electron chi connectivity index (χ2n) is 3.79. The van der Waals surface area contributed by atoms with Crippen LogP contribution in [0.25, 0.3) is 0 Å². The minimum absolute atomic E-state index is 0.222. The maximum absolute atomic E-state index is 13.3. The first-order chi connectivity index (χ1) is 8.56. The van der Waals surface area contributed by atoms with Crippen LogP contribution in [0.2, 0.25) is 0 Å². The fourth-order valence-corrected chi connectivity index (χ4v) is 2.46. The Bertz CT molecular complexity index is 627. The average molecular weight is 265 g/mol. The van der Waals surface area contributed by atoms with Crippen LogP contribution in [0.5, 0.6) is 0 Å². The van der Waals surface area contributed by atoms with Gasteiger partial charge in [-0.05, 0) is 30.7 Å². The van der Waals surface area contributed by atoms with Crippen LogP contribution in [0.15, 0.2) is 39.1 Å². The molecule has 1 aromatic carbocycles. The first-order valence-electron chi connectivity index (χ1n) is 5.32. The molecule has 6 heteroatoms. The van der Waals surface area contributed by atoms with Crippen LogP contribution in [-0.4, -0.2) is 9.97 Å². The summed E-state index contributed by atoms with van der Waals surface area (Å²) in [5.74, 6) is -0.351. The fourth-order valence-electron chi connectivity index (χ4n) is 1.51. The predicted octanol–water partition coefficient (Wildman–Crippen LogP) is 1.83. The summed E-state index contributed by atoms with van der Waals surface area (Å²) < 4.78 is 13.3. The van der Waals surface area contributed by atoms with E-state index in [-0.39, 0.29) is 17.9 Å². The Morgan fingerprint density at radius 2 is 2.17 bits per heavy atom. The van der Waals surface area contributed by atoms with Gasteiger partial charge in [-0.1, -0.05) is 11.8 Å². The second-order valence-corrected chi connectivity index (χ2v) is 4.86. The zero-order chi connectivity index (χ0) is 13.1. The number of aryl methyl sites for hydroxylation is 1. The highest BCUT2D eigenvalue weighted by Gasteiger charge is 2.05. The predicted molar refractivity (Wildman–Crippen MR) is 68.0 cm³/mol. The molecule has 18 heavy (non-hydrogen) atoms. The van der Waals surface area contributed by atoms with Crippen LogP contribution in [-0.2, 0) is 6.54 Å². The van der Waals surface area contributed by atoms with Gasteiger partial charge in [-0.2, -0.15) is 0 Å². The summed E-state index contributed by atoms with van der Waals surface area (Å²) in [7, 11) is 0. The molecule has 0 spiro atoms. The van der Waals surface area contributed by atoms with Gasteiger partial charge in [-0.3, -0.25) is 4.79 Å². The van der Waals surface area contributed by atoms with Crippen molar-refractivity contribution in [3.8, 4) is 0 Å². The molecule has 0 radical (unpaired) electrons. The van der Waals surface area contributed by atoms with E-state index in [9.17, 15) is 9.18 Å². The van der Waals surface area contributed by atoms with E-state index in [1.165, 1.54) is 30.0 Å². The molecule has 0 unspecified atom stereocenters. The van der Waals surface area contributed by atoms with Gasteiger partial charge in [0.05, 0.1) is 0 Å². The van der Waals surface area contributed by atoms with Crippen molar-refractivity contribution in [1.82, 2.24) is 9.97 Å². The molecule has 0 fully saturated rings. The number of aromatic nitrogens is 2. The Hall–Kier alpha value is -1.66. The maximum Gasteiger partial charge on any atom is 0.251 e. The second kappa shape index (κ2) is 5.32. The molecule has 94 valence electrons. The lowest BCUT2D eigenvalue weighted by atomic mass is 10.2. The lowest BCUT2D eigenvalue weighted by Gasteiger charge is -2.04. The van der Waals surface area contributed by atoms with E-state index in [1.807, 2.05) is 0 Å². The van der Waals surface area contributed by atoms with E-state index < -0.39 is 0 Å². The Morgan fingerprint density at radius 3 is 2.83 bits per heavy atom. The first kappa shape index (κ1) is 12.8. The number of benzene rings is 1. The largest absolute Gasteiger partial charge is 0.326 e.